The molecule has 4 rings (SSSR count). The number of piperidine rings is 1. The molecule has 1 saturated heterocycles. The molecule has 1 fully saturated rings. The van der Waals surface area contributed by atoms with Crippen molar-refractivity contribution in [2.75, 3.05) is 20.1 Å². The minimum absolute atomic E-state index is 0.00241. The molecule has 0 bridgehead atoms. The van der Waals surface area contributed by atoms with Gasteiger partial charge in [0.05, 0.1) is 17.4 Å². The van der Waals surface area contributed by atoms with Crippen LogP contribution in [-0.4, -0.2) is 47.8 Å². The Bertz CT molecular complexity index is 1090. The number of furan rings is 1. The zero-order valence-electron chi connectivity index (χ0n) is 19.0. The van der Waals surface area contributed by atoms with E-state index in [0.29, 0.717) is 34.7 Å². The van der Waals surface area contributed by atoms with Crippen molar-refractivity contribution < 1.29 is 18.7 Å². The summed E-state index contributed by atoms with van der Waals surface area (Å²) >= 11 is 0. The van der Waals surface area contributed by atoms with Gasteiger partial charge in [0, 0.05) is 38.3 Å². The summed E-state index contributed by atoms with van der Waals surface area (Å²) in [6, 6.07) is 15.0. The number of carbonyl (C=O) groups is 2. The first-order chi connectivity index (χ1) is 15.9. The molecule has 3 aromatic rings. The highest BCUT2D eigenvalue weighted by Crippen LogP contribution is 2.28. The lowest BCUT2D eigenvalue weighted by molar-refractivity contribution is -0.605. The maximum atomic E-state index is 13.3. The lowest BCUT2D eigenvalue weighted by atomic mass is 9.84. The van der Waals surface area contributed by atoms with Crippen molar-refractivity contribution in [2.45, 2.75) is 32.2 Å². The van der Waals surface area contributed by atoms with E-state index in [1.54, 1.807) is 31.4 Å². The van der Waals surface area contributed by atoms with Gasteiger partial charge in [-0.25, -0.2) is 0 Å². The zero-order chi connectivity index (χ0) is 23.4. The predicted octanol–water partition coefficient (Wildman–Crippen LogP) is 3.46. The van der Waals surface area contributed by atoms with Gasteiger partial charge < -0.3 is 19.4 Å². The second-order valence-corrected chi connectivity index (χ2v) is 8.64. The second-order valence-electron chi connectivity index (χ2n) is 8.64. The fourth-order valence-corrected chi connectivity index (χ4v) is 4.65. The number of hydrogen-bond acceptors (Lipinski definition) is 4. The van der Waals surface area contributed by atoms with E-state index in [1.807, 2.05) is 35.0 Å². The molecule has 0 unspecified atom stereocenters. The molecule has 2 aromatic heterocycles. The number of pyridine rings is 1. The number of nitrogens with zero attached hydrogens (tertiary/aromatic N) is 3. The van der Waals surface area contributed by atoms with Crippen molar-refractivity contribution in [3.8, 4) is 0 Å². The first-order valence-corrected chi connectivity index (χ1v) is 11.3. The third-order valence-electron chi connectivity index (χ3n) is 6.61. The number of amides is 2. The topological polar surface area (TPSA) is 80.7 Å². The molecule has 2 amide bonds. The summed E-state index contributed by atoms with van der Waals surface area (Å²) in [5.74, 6) is 0.769. The van der Waals surface area contributed by atoms with Gasteiger partial charge in [0.15, 0.2) is 12.4 Å². The number of hydrogen-bond donors (Lipinski definition) is 0. The highest BCUT2D eigenvalue weighted by Gasteiger charge is 2.34. The van der Waals surface area contributed by atoms with Gasteiger partial charge in [-0.3, -0.25) is 9.59 Å². The molecular weight excluding hydrogens is 418 g/mol. The number of carbonyl (C=O) groups excluding carboxylic acids is 2. The van der Waals surface area contributed by atoms with E-state index in [2.05, 4.69) is 12.1 Å². The van der Waals surface area contributed by atoms with E-state index in [0.717, 1.165) is 19.3 Å². The highest BCUT2D eigenvalue weighted by molar-refractivity contribution is 5.95. The predicted molar refractivity (Wildman–Crippen MR) is 124 cm³/mol. The summed E-state index contributed by atoms with van der Waals surface area (Å²) in [7, 11) is 1.86. The van der Waals surface area contributed by atoms with Crippen LogP contribution in [0.2, 0.25) is 0 Å². The fraction of sp³-hybridized carbons (Fsp3) is 0.346. The molecule has 0 N–H and O–H groups in total. The van der Waals surface area contributed by atoms with Gasteiger partial charge in [0.2, 0.25) is 0 Å². The molecule has 1 atom stereocenters. The third kappa shape index (κ3) is 5.08. The van der Waals surface area contributed by atoms with Crippen LogP contribution >= 0.6 is 0 Å². The minimum Gasteiger partial charge on any atom is -0.619 e. The lowest BCUT2D eigenvalue weighted by Gasteiger charge is -2.40. The number of aryl methyl sites for hydroxylation is 1. The zero-order valence-corrected chi connectivity index (χ0v) is 19.0. The van der Waals surface area contributed by atoms with Crippen LogP contribution in [0.25, 0.3) is 0 Å². The molecule has 1 aromatic carbocycles. The number of likely N-dealkylation sites (tertiary alicyclic amines) is 1. The van der Waals surface area contributed by atoms with Crippen LogP contribution in [0.3, 0.4) is 0 Å². The van der Waals surface area contributed by atoms with E-state index in [9.17, 15) is 14.8 Å². The van der Waals surface area contributed by atoms with Gasteiger partial charge >= 0.3 is 0 Å². The van der Waals surface area contributed by atoms with Crippen molar-refractivity contribution in [3.63, 3.8) is 0 Å². The molecule has 7 heteroatoms. The Balaban J connectivity index is 1.49. The number of likely N-dealkylation sites (N-methyl/N-ethyl adjacent to an activating group) is 1. The Hall–Kier alpha value is -3.61. The Morgan fingerprint density at radius 2 is 1.79 bits per heavy atom. The van der Waals surface area contributed by atoms with Crippen LogP contribution in [0.15, 0.2) is 71.6 Å². The van der Waals surface area contributed by atoms with Crippen molar-refractivity contribution in [1.29, 1.82) is 0 Å². The van der Waals surface area contributed by atoms with E-state index < -0.39 is 0 Å². The summed E-state index contributed by atoms with van der Waals surface area (Å²) < 4.78 is 6.03. The average Bonchev–Trinajstić information content (AvgIpc) is 3.28. The summed E-state index contributed by atoms with van der Waals surface area (Å²) in [5, 5.41) is 11.3. The standard InChI is InChI=1S/C26H29N3O4/c1-19-23(12-17-33-19)26(31)27(2)24(18-20-6-4-3-5-7-20)21-8-13-28(14-9-21)25(30)22-10-15-29(32)16-11-22/h3-7,10-12,15-17,21,24H,8-9,13-14,18H2,1-2H3/t24-/m1/s1. The maximum absolute atomic E-state index is 13.3. The van der Waals surface area contributed by atoms with Gasteiger partial charge in [-0.2, -0.15) is 4.73 Å². The SMILES string of the molecule is Cc1occc1C(=O)N(C)[C@H](Cc1ccccc1)C1CCN(C(=O)c2cc[n+]([O-])cc2)CC1. The highest BCUT2D eigenvalue weighted by atomic mass is 16.5. The first kappa shape index (κ1) is 22.6. The largest absolute Gasteiger partial charge is 0.619 e. The molecule has 1 aliphatic heterocycles. The van der Waals surface area contributed by atoms with Gasteiger partial charge in [-0.15, -0.1) is 0 Å². The van der Waals surface area contributed by atoms with Gasteiger partial charge in [-0.05, 0) is 43.7 Å². The van der Waals surface area contributed by atoms with Crippen molar-refractivity contribution >= 4 is 11.8 Å². The monoisotopic (exact) mass is 447 g/mol. The van der Waals surface area contributed by atoms with Crippen LogP contribution in [0.5, 0.6) is 0 Å². The van der Waals surface area contributed by atoms with E-state index in [-0.39, 0.29) is 23.8 Å². The number of aromatic nitrogens is 1. The second kappa shape index (κ2) is 9.90. The minimum atomic E-state index is -0.0629. The molecule has 7 nitrogen and oxygen atoms in total. The maximum Gasteiger partial charge on any atom is 0.257 e. The molecule has 0 spiro atoms. The summed E-state index contributed by atoms with van der Waals surface area (Å²) in [6.45, 7) is 3.04. The van der Waals surface area contributed by atoms with Crippen LogP contribution in [-0.2, 0) is 6.42 Å². The fourth-order valence-electron chi connectivity index (χ4n) is 4.65. The molecule has 0 aliphatic carbocycles. The Morgan fingerprint density at radius 1 is 1.12 bits per heavy atom. The van der Waals surface area contributed by atoms with Gasteiger partial charge in [0.25, 0.3) is 11.8 Å². The van der Waals surface area contributed by atoms with Crippen LogP contribution in [0, 0.1) is 18.0 Å². The lowest BCUT2D eigenvalue weighted by Crippen LogP contribution is -2.48. The molecule has 3 heterocycles. The first-order valence-electron chi connectivity index (χ1n) is 11.3. The Labute approximate surface area is 193 Å². The smallest absolute Gasteiger partial charge is 0.257 e. The van der Waals surface area contributed by atoms with Crippen LogP contribution in [0.4, 0.5) is 0 Å². The van der Waals surface area contributed by atoms with Crippen molar-refractivity contribution in [1.82, 2.24) is 9.80 Å². The summed E-state index contributed by atoms with van der Waals surface area (Å²) in [6.07, 6.45) is 6.59. The molecule has 1 aliphatic rings. The van der Waals surface area contributed by atoms with E-state index in [1.165, 1.54) is 18.0 Å². The van der Waals surface area contributed by atoms with Crippen LogP contribution < -0.4 is 4.73 Å². The summed E-state index contributed by atoms with van der Waals surface area (Å²) in [5.41, 5.74) is 2.28. The van der Waals surface area contributed by atoms with Gasteiger partial charge in [0.1, 0.15) is 5.76 Å². The van der Waals surface area contributed by atoms with E-state index in [4.69, 9.17) is 4.42 Å². The van der Waals surface area contributed by atoms with Gasteiger partial charge in [-0.1, -0.05) is 30.3 Å². The van der Waals surface area contributed by atoms with Crippen LogP contribution in [0.1, 0.15) is 44.9 Å². The Morgan fingerprint density at radius 3 is 2.39 bits per heavy atom. The third-order valence-corrected chi connectivity index (χ3v) is 6.61. The summed E-state index contributed by atoms with van der Waals surface area (Å²) in [4.78, 5) is 29.8. The van der Waals surface area contributed by atoms with Crippen molar-refractivity contribution in [3.05, 3.63) is 94.8 Å². The Kier molecular flexibility index (Phi) is 6.77. The molecule has 0 saturated carbocycles. The van der Waals surface area contributed by atoms with Crippen molar-refractivity contribution in [2.24, 2.45) is 5.92 Å². The number of rotatable bonds is 6. The normalized spacial score (nSPS) is 15.3. The molecule has 33 heavy (non-hydrogen) atoms. The molecule has 0 radical (unpaired) electrons. The quantitative estimate of drug-likeness (QED) is 0.428. The molecule has 172 valence electrons. The van der Waals surface area contributed by atoms with E-state index >= 15 is 0 Å². The average molecular weight is 448 g/mol. The number of benzene rings is 1. The molecular formula is C26H29N3O4.